The lowest BCUT2D eigenvalue weighted by Gasteiger charge is -2.18. The molecule has 24 heavy (non-hydrogen) atoms. The first kappa shape index (κ1) is 16.6. The quantitative estimate of drug-likeness (QED) is 0.796. The number of β-amino-alcohol motifs (C(OH)–C–C–N with tert-alkyl or cyclic N) is 2. The smallest absolute Gasteiger partial charge is 0.322 e. The van der Waals surface area contributed by atoms with E-state index in [1.807, 2.05) is 0 Å². The lowest BCUT2D eigenvalue weighted by molar-refractivity contribution is 0.0572. The molecule has 2 aromatic rings. The van der Waals surface area contributed by atoms with E-state index in [9.17, 15) is 15.0 Å². The number of hydrogen-bond donors (Lipinski definition) is 3. The first-order valence-corrected chi connectivity index (χ1v) is 7.86. The lowest BCUT2D eigenvalue weighted by atomic mass is 10.3. The van der Waals surface area contributed by atoms with Crippen LogP contribution >= 0.6 is 11.6 Å². The van der Waals surface area contributed by atoms with Gasteiger partial charge in [0.2, 0.25) is 0 Å². The maximum atomic E-state index is 12.3. The molecular formula is C17H17ClN2O4. The van der Waals surface area contributed by atoms with Crippen molar-refractivity contribution >= 4 is 23.3 Å². The Morgan fingerprint density at radius 3 is 2.29 bits per heavy atom. The number of benzene rings is 2. The first-order chi connectivity index (χ1) is 11.5. The van der Waals surface area contributed by atoms with Gasteiger partial charge in [-0.2, -0.15) is 0 Å². The van der Waals surface area contributed by atoms with Crippen LogP contribution in [0.1, 0.15) is 0 Å². The highest BCUT2D eigenvalue weighted by molar-refractivity contribution is 6.32. The molecule has 0 aromatic heterocycles. The summed E-state index contributed by atoms with van der Waals surface area (Å²) in [7, 11) is 0. The summed E-state index contributed by atoms with van der Waals surface area (Å²) in [6, 6.07) is 13.6. The number of carbonyl (C=O) groups is 1. The van der Waals surface area contributed by atoms with Crippen molar-refractivity contribution in [3.63, 3.8) is 0 Å². The molecule has 1 fully saturated rings. The molecule has 2 amide bonds. The third-order valence-electron chi connectivity index (χ3n) is 3.73. The molecule has 126 valence electrons. The molecule has 2 atom stereocenters. The van der Waals surface area contributed by atoms with Gasteiger partial charge in [-0.1, -0.05) is 35.9 Å². The minimum atomic E-state index is -0.926. The standard InChI is InChI=1S/C17H17ClN2O4/c18-11-5-1-3-7-15(11)24-16-8-4-2-6-12(16)19-17(23)20-9-13(21)14(22)10-20/h1-8,13-14,21-22H,9-10H2,(H,19,23)/t13-,14-/m1/s1. The van der Waals surface area contributed by atoms with E-state index in [2.05, 4.69) is 5.32 Å². The fourth-order valence-corrected chi connectivity index (χ4v) is 2.61. The second-order valence-electron chi connectivity index (χ2n) is 5.50. The van der Waals surface area contributed by atoms with Gasteiger partial charge in [-0.25, -0.2) is 4.79 Å². The highest BCUT2D eigenvalue weighted by Gasteiger charge is 2.32. The fraction of sp³-hybridized carbons (Fsp3) is 0.235. The van der Waals surface area contributed by atoms with Crippen LogP contribution in [0.25, 0.3) is 0 Å². The Morgan fingerprint density at radius 2 is 1.62 bits per heavy atom. The Balaban J connectivity index is 1.75. The van der Waals surface area contributed by atoms with Crippen LogP contribution in [0.5, 0.6) is 11.5 Å². The van der Waals surface area contributed by atoms with Crippen molar-refractivity contribution in [2.45, 2.75) is 12.2 Å². The number of ether oxygens (including phenoxy) is 1. The van der Waals surface area contributed by atoms with Crippen molar-refractivity contribution in [1.82, 2.24) is 4.90 Å². The van der Waals surface area contributed by atoms with E-state index >= 15 is 0 Å². The normalized spacial score (nSPS) is 20.0. The van der Waals surface area contributed by atoms with Crippen LogP contribution in [0.2, 0.25) is 5.02 Å². The molecule has 1 heterocycles. The van der Waals surface area contributed by atoms with Crippen molar-refractivity contribution < 1.29 is 19.7 Å². The summed E-state index contributed by atoms with van der Waals surface area (Å²) in [6.07, 6.45) is -1.85. The summed E-state index contributed by atoms with van der Waals surface area (Å²) in [4.78, 5) is 13.6. The van der Waals surface area contributed by atoms with Crippen molar-refractivity contribution in [2.24, 2.45) is 0 Å². The number of para-hydroxylation sites is 3. The maximum Gasteiger partial charge on any atom is 0.322 e. The maximum absolute atomic E-state index is 12.3. The SMILES string of the molecule is O=C(Nc1ccccc1Oc1ccccc1Cl)N1C[C@@H](O)[C@H](O)C1. The summed E-state index contributed by atoms with van der Waals surface area (Å²) < 4.78 is 5.78. The van der Waals surface area contributed by atoms with Crippen LogP contribution in [0.4, 0.5) is 10.5 Å². The molecule has 1 aliphatic rings. The number of halogens is 1. The van der Waals surface area contributed by atoms with E-state index in [1.165, 1.54) is 4.90 Å². The number of nitrogens with zero attached hydrogens (tertiary/aromatic N) is 1. The van der Waals surface area contributed by atoms with E-state index in [0.717, 1.165) is 0 Å². The molecule has 2 aromatic carbocycles. The van der Waals surface area contributed by atoms with Crippen LogP contribution in [0.15, 0.2) is 48.5 Å². The second-order valence-corrected chi connectivity index (χ2v) is 5.91. The average molecular weight is 349 g/mol. The Morgan fingerprint density at radius 1 is 1.04 bits per heavy atom. The molecule has 0 unspecified atom stereocenters. The number of aliphatic hydroxyl groups is 2. The third kappa shape index (κ3) is 3.62. The van der Waals surface area contributed by atoms with Gasteiger partial charge in [-0.3, -0.25) is 0 Å². The highest BCUT2D eigenvalue weighted by atomic mass is 35.5. The van der Waals surface area contributed by atoms with Gasteiger partial charge in [0.25, 0.3) is 0 Å². The van der Waals surface area contributed by atoms with Crippen molar-refractivity contribution in [1.29, 1.82) is 0 Å². The van der Waals surface area contributed by atoms with Gasteiger partial charge >= 0.3 is 6.03 Å². The number of anilines is 1. The topological polar surface area (TPSA) is 82.0 Å². The van der Waals surface area contributed by atoms with E-state index < -0.39 is 18.2 Å². The van der Waals surface area contributed by atoms with Crippen molar-refractivity contribution in [3.8, 4) is 11.5 Å². The zero-order valence-corrected chi connectivity index (χ0v) is 13.5. The lowest BCUT2D eigenvalue weighted by Crippen LogP contribution is -2.34. The number of nitrogens with one attached hydrogen (secondary N) is 1. The number of aliphatic hydroxyl groups excluding tert-OH is 2. The molecule has 1 saturated heterocycles. The van der Waals surface area contributed by atoms with Gasteiger partial charge in [0.15, 0.2) is 5.75 Å². The molecule has 6 nitrogen and oxygen atoms in total. The van der Waals surface area contributed by atoms with Crippen LogP contribution in [0.3, 0.4) is 0 Å². The third-order valence-corrected chi connectivity index (χ3v) is 4.04. The number of amides is 2. The Labute approximate surface area is 144 Å². The Bertz CT molecular complexity index is 730. The molecule has 0 bridgehead atoms. The molecule has 3 rings (SSSR count). The van der Waals surface area contributed by atoms with Crippen LogP contribution in [-0.4, -0.2) is 46.4 Å². The predicted octanol–water partition coefficient (Wildman–Crippen LogP) is 2.70. The number of likely N-dealkylation sites (tertiary alicyclic amines) is 1. The molecule has 7 heteroatoms. The Kier molecular flexibility index (Phi) is 4.89. The second kappa shape index (κ2) is 7.09. The number of hydrogen-bond acceptors (Lipinski definition) is 4. The Hall–Kier alpha value is -2.28. The zero-order valence-electron chi connectivity index (χ0n) is 12.7. The highest BCUT2D eigenvalue weighted by Crippen LogP contribution is 2.33. The molecule has 0 radical (unpaired) electrons. The number of carbonyl (C=O) groups excluding carboxylic acids is 1. The molecule has 0 aliphatic carbocycles. The van der Waals surface area contributed by atoms with Crippen LogP contribution in [0, 0.1) is 0 Å². The fourth-order valence-electron chi connectivity index (χ4n) is 2.43. The number of urea groups is 1. The van der Waals surface area contributed by atoms with E-state index in [0.29, 0.717) is 22.2 Å². The summed E-state index contributed by atoms with van der Waals surface area (Å²) in [6.45, 7) is 0.168. The minimum Gasteiger partial charge on any atom is -0.454 e. The summed E-state index contributed by atoms with van der Waals surface area (Å²) in [5.74, 6) is 0.923. The van der Waals surface area contributed by atoms with Gasteiger partial charge in [-0.05, 0) is 24.3 Å². The summed E-state index contributed by atoms with van der Waals surface area (Å²) >= 11 is 6.09. The molecular weight excluding hydrogens is 332 g/mol. The van der Waals surface area contributed by atoms with Crippen molar-refractivity contribution in [2.75, 3.05) is 18.4 Å². The van der Waals surface area contributed by atoms with Gasteiger partial charge in [-0.15, -0.1) is 0 Å². The predicted molar refractivity (Wildman–Crippen MR) is 90.6 cm³/mol. The van der Waals surface area contributed by atoms with Gasteiger partial charge in [0.05, 0.1) is 36.0 Å². The van der Waals surface area contributed by atoms with Crippen molar-refractivity contribution in [3.05, 3.63) is 53.6 Å². The monoisotopic (exact) mass is 348 g/mol. The summed E-state index contributed by atoms with van der Waals surface area (Å²) in [5, 5.41) is 22.3. The zero-order chi connectivity index (χ0) is 17.1. The van der Waals surface area contributed by atoms with E-state index in [1.54, 1.807) is 48.5 Å². The molecule has 3 N–H and O–H groups in total. The summed E-state index contributed by atoms with van der Waals surface area (Å²) in [5.41, 5.74) is 0.471. The van der Waals surface area contributed by atoms with Crippen LogP contribution < -0.4 is 10.1 Å². The van der Waals surface area contributed by atoms with E-state index in [4.69, 9.17) is 16.3 Å². The molecule has 0 spiro atoms. The largest absolute Gasteiger partial charge is 0.454 e. The minimum absolute atomic E-state index is 0.0839. The van der Waals surface area contributed by atoms with Crippen LogP contribution in [-0.2, 0) is 0 Å². The number of rotatable bonds is 3. The van der Waals surface area contributed by atoms with E-state index in [-0.39, 0.29) is 13.1 Å². The van der Waals surface area contributed by atoms with Gasteiger partial charge in [0.1, 0.15) is 5.75 Å². The molecule has 1 aliphatic heterocycles. The van der Waals surface area contributed by atoms with Gasteiger partial charge in [0, 0.05) is 0 Å². The average Bonchev–Trinajstić information content (AvgIpc) is 2.91. The first-order valence-electron chi connectivity index (χ1n) is 7.48. The molecule has 0 saturated carbocycles. The van der Waals surface area contributed by atoms with Gasteiger partial charge < -0.3 is 25.2 Å².